The van der Waals surface area contributed by atoms with Gasteiger partial charge in [0.15, 0.2) is 0 Å². The highest BCUT2D eigenvalue weighted by molar-refractivity contribution is 6.30. The van der Waals surface area contributed by atoms with Crippen molar-refractivity contribution in [2.24, 2.45) is 11.8 Å². The number of halogens is 1. The van der Waals surface area contributed by atoms with Gasteiger partial charge in [-0.2, -0.15) is 0 Å². The number of quaternary nitrogens is 1. The third kappa shape index (κ3) is 4.24. The zero-order chi connectivity index (χ0) is 21.6. The van der Waals surface area contributed by atoms with Crippen LogP contribution in [0.3, 0.4) is 0 Å². The van der Waals surface area contributed by atoms with Crippen molar-refractivity contribution in [1.29, 1.82) is 0 Å². The van der Waals surface area contributed by atoms with Gasteiger partial charge in [-0.3, -0.25) is 4.79 Å². The number of carbonyl (C=O) groups is 1. The minimum atomic E-state index is -0.133. The van der Waals surface area contributed by atoms with Crippen molar-refractivity contribution in [3.8, 4) is 5.75 Å². The third-order valence-corrected chi connectivity index (χ3v) is 7.62. The van der Waals surface area contributed by atoms with Gasteiger partial charge in [0.2, 0.25) is 0 Å². The predicted octanol–water partition coefficient (Wildman–Crippen LogP) is 5.52. The number of hydrogen-bond donors (Lipinski definition) is 1. The van der Waals surface area contributed by atoms with Crippen molar-refractivity contribution in [3.63, 3.8) is 0 Å². The van der Waals surface area contributed by atoms with E-state index in [1.807, 2.05) is 24.3 Å². The van der Waals surface area contributed by atoms with Crippen LogP contribution in [-0.2, 0) is 11.3 Å². The lowest BCUT2D eigenvalue weighted by atomic mass is 9.92. The Hall–Kier alpha value is -2.30. The van der Waals surface area contributed by atoms with E-state index in [4.69, 9.17) is 16.3 Å². The second-order valence-electron chi connectivity index (χ2n) is 9.97. The number of nitrogens with one attached hydrogen (secondary N) is 1. The summed E-state index contributed by atoms with van der Waals surface area (Å²) in [5.74, 6) is 2.45. The highest BCUT2D eigenvalue weighted by Crippen LogP contribution is 2.48. The molecule has 2 aromatic carbocycles. The van der Waals surface area contributed by atoms with Crippen molar-refractivity contribution in [2.75, 3.05) is 26.0 Å². The van der Waals surface area contributed by atoms with Crippen LogP contribution in [0.1, 0.15) is 36.8 Å². The number of ether oxygens (including phenoxy) is 1. The average molecular weight is 438 g/mol. The van der Waals surface area contributed by atoms with E-state index in [0.29, 0.717) is 16.3 Å². The molecular formula is C26H30ClN2O2+. The topological polar surface area (TPSA) is 38.3 Å². The molecule has 162 valence electrons. The standard InChI is InChI=1S/C26H29ClN2O2/c1-29(2,24-12-18-3-6-19(24)11-18)15-17-4-9-23(10-5-17)28-26(30)21-13-20-7-8-22(27)14-25(20)31-16-21/h4-5,7-10,13-14,18-19,24H,3,6,11-12,15-16H2,1-2H3/p+1/t18?,19?,24-/m0/s1. The molecule has 1 heterocycles. The lowest BCUT2D eigenvalue weighted by Crippen LogP contribution is -2.50. The highest BCUT2D eigenvalue weighted by atomic mass is 35.5. The normalized spacial score (nSPS) is 24.4. The predicted molar refractivity (Wildman–Crippen MR) is 125 cm³/mol. The van der Waals surface area contributed by atoms with E-state index in [1.165, 1.54) is 31.2 Å². The van der Waals surface area contributed by atoms with E-state index in [2.05, 4.69) is 31.5 Å². The SMILES string of the molecule is C[N+](C)(Cc1ccc(NC(=O)C2=Cc3ccc(Cl)cc3OC2)cc1)[C@H]1CC2CCC1C2. The zero-order valence-electron chi connectivity index (χ0n) is 18.2. The van der Waals surface area contributed by atoms with Gasteiger partial charge < -0.3 is 14.5 Å². The van der Waals surface area contributed by atoms with Gasteiger partial charge in [-0.25, -0.2) is 0 Å². The van der Waals surface area contributed by atoms with Crippen LogP contribution < -0.4 is 10.1 Å². The average Bonchev–Trinajstić information content (AvgIpc) is 3.39. The Morgan fingerprint density at radius 2 is 1.94 bits per heavy atom. The maximum absolute atomic E-state index is 12.7. The van der Waals surface area contributed by atoms with Gasteiger partial charge >= 0.3 is 0 Å². The first-order chi connectivity index (χ1) is 14.9. The number of benzene rings is 2. The first-order valence-corrected chi connectivity index (χ1v) is 11.6. The summed E-state index contributed by atoms with van der Waals surface area (Å²) in [4.78, 5) is 12.7. The fraction of sp³-hybridized carbons (Fsp3) is 0.423. The zero-order valence-corrected chi connectivity index (χ0v) is 19.0. The first-order valence-electron chi connectivity index (χ1n) is 11.2. The molecule has 2 saturated carbocycles. The minimum absolute atomic E-state index is 0.133. The molecule has 3 atom stereocenters. The van der Waals surface area contributed by atoms with Crippen LogP contribution in [-0.4, -0.2) is 37.1 Å². The third-order valence-electron chi connectivity index (χ3n) is 7.38. The summed E-state index contributed by atoms with van der Waals surface area (Å²) in [7, 11) is 4.75. The van der Waals surface area contributed by atoms with Gasteiger partial charge in [0, 0.05) is 34.2 Å². The molecule has 0 spiro atoms. The number of fused-ring (bicyclic) bond motifs is 3. The van der Waals surface area contributed by atoms with Gasteiger partial charge in [-0.15, -0.1) is 0 Å². The second-order valence-corrected chi connectivity index (χ2v) is 10.4. The molecule has 5 rings (SSSR count). The molecule has 0 radical (unpaired) electrons. The summed E-state index contributed by atoms with van der Waals surface area (Å²) < 4.78 is 6.76. The van der Waals surface area contributed by atoms with Gasteiger partial charge in [0.1, 0.15) is 18.9 Å². The molecule has 2 fully saturated rings. The molecule has 0 aromatic heterocycles. The molecular weight excluding hydrogens is 408 g/mol. The maximum atomic E-state index is 12.7. The molecule has 3 aliphatic rings. The minimum Gasteiger partial charge on any atom is -0.488 e. The van der Waals surface area contributed by atoms with Crippen LogP contribution in [0.15, 0.2) is 48.0 Å². The Balaban J connectivity index is 1.22. The molecule has 2 aromatic rings. The molecule has 1 amide bonds. The summed E-state index contributed by atoms with van der Waals surface area (Å²) in [6.07, 6.45) is 7.55. The van der Waals surface area contributed by atoms with E-state index < -0.39 is 0 Å². The summed E-state index contributed by atoms with van der Waals surface area (Å²) in [5.41, 5.74) is 3.60. The molecule has 1 N–H and O–H groups in total. The summed E-state index contributed by atoms with van der Waals surface area (Å²) in [6.45, 7) is 1.27. The molecule has 4 nitrogen and oxygen atoms in total. The molecule has 5 heteroatoms. The van der Waals surface area contributed by atoms with E-state index in [9.17, 15) is 4.79 Å². The number of anilines is 1. The largest absolute Gasteiger partial charge is 0.488 e. The molecule has 1 aliphatic heterocycles. The fourth-order valence-electron chi connectivity index (χ4n) is 5.83. The summed E-state index contributed by atoms with van der Waals surface area (Å²) >= 11 is 6.01. The Morgan fingerprint density at radius 3 is 2.65 bits per heavy atom. The van der Waals surface area contributed by atoms with E-state index in [-0.39, 0.29) is 12.5 Å². The number of carbonyl (C=O) groups excluding carboxylic acids is 1. The van der Waals surface area contributed by atoms with Crippen molar-refractivity contribution >= 4 is 29.3 Å². The number of rotatable bonds is 5. The van der Waals surface area contributed by atoms with Gasteiger partial charge in [0.25, 0.3) is 5.91 Å². The van der Waals surface area contributed by atoms with Crippen molar-refractivity contribution in [2.45, 2.75) is 38.3 Å². The van der Waals surface area contributed by atoms with Gasteiger partial charge in [-0.1, -0.05) is 23.7 Å². The monoisotopic (exact) mass is 437 g/mol. The smallest absolute Gasteiger partial charge is 0.255 e. The van der Waals surface area contributed by atoms with Crippen molar-refractivity contribution in [3.05, 3.63) is 64.2 Å². The summed E-state index contributed by atoms with van der Waals surface area (Å²) in [5, 5.41) is 3.63. The lowest BCUT2D eigenvalue weighted by molar-refractivity contribution is -0.931. The van der Waals surface area contributed by atoms with E-state index in [1.54, 1.807) is 12.1 Å². The van der Waals surface area contributed by atoms with Crippen molar-refractivity contribution < 1.29 is 14.0 Å². The molecule has 31 heavy (non-hydrogen) atoms. The van der Waals surface area contributed by atoms with Gasteiger partial charge in [0.05, 0.1) is 25.7 Å². The molecule has 2 unspecified atom stereocenters. The molecule has 0 saturated heterocycles. The summed E-state index contributed by atoms with van der Waals surface area (Å²) in [6, 6.07) is 14.5. The van der Waals surface area contributed by atoms with Crippen LogP contribution in [0.4, 0.5) is 5.69 Å². The van der Waals surface area contributed by atoms with Crippen LogP contribution >= 0.6 is 11.6 Å². The Bertz CT molecular complexity index is 1030. The quantitative estimate of drug-likeness (QED) is 0.625. The Kier molecular flexibility index (Phi) is 5.31. The lowest BCUT2D eigenvalue weighted by Gasteiger charge is -2.40. The number of hydrogen-bond acceptors (Lipinski definition) is 2. The maximum Gasteiger partial charge on any atom is 0.255 e. The Morgan fingerprint density at radius 1 is 1.13 bits per heavy atom. The van der Waals surface area contributed by atoms with Crippen molar-refractivity contribution in [1.82, 2.24) is 0 Å². The van der Waals surface area contributed by atoms with Gasteiger partial charge in [-0.05, 0) is 61.6 Å². The van der Waals surface area contributed by atoms with E-state index >= 15 is 0 Å². The van der Waals surface area contributed by atoms with Crippen LogP contribution in [0, 0.1) is 11.8 Å². The van der Waals surface area contributed by atoms with E-state index in [0.717, 1.165) is 40.2 Å². The fourth-order valence-corrected chi connectivity index (χ4v) is 5.99. The second kappa shape index (κ2) is 7.99. The molecule has 2 aliphatic carbocycles. The Labute approximate surface area is 189 Å². The number of amides is 1. The molecule has 2 bridgehead atoms. The number of nitrogens with zero attached hydrogens (tertiary/aromatic N) is 1. The van der Waals surface area contributed by atoms with Crippen LogP contribution in [0.2, 0.25) is 5.02 Å². The van der Waals surface area contributed by atoms with Crippen LogP contribution in [0.5, 0.6) is 5.75 Å². The first kappa shape index (κ1) is 20.6. The van der Waals surface area contributed by atoms with Crippen LogP contribution in [0.25, 0.3) is 6.08 Å². The highest BCUT2D eigenvalue weighted by Gasteiger charge is 2.47.